The molecule has 0 unspecified atom stereocenters. The summed E-state index contributed by atoms with van der Waals surface area (Å²) in [7, 11) is 0. The van der Waals surface area contributed by atoms with Gasteiger partial charge in [-0.15, -0.1) is 0 Å². The molecule has 0 radical (unpaired) electrons. The van der Waals surface area contributed by atoms with Gasteiger partial charge in [-0.2, -0.15) is 0 Å². The third-order valence-electron chi connectivity index (χ3n) is 6.60. The first-order valence-electron chi connectivity index (χ1n) is 11.7. The van der Waals surface area contributed by atoms with Gasteiger partial charge < -0.3 is 0 Å². The summed E-state index contributed by atoms with van der Waals surface area (Å²) < 4.78 is 0. The van der Waals surface area contributed by atoms with Gasteiger partial charge in [-0.05, 0) is 64.3 Å². The molecule has 0 fully saturated rings. The first-order chi connectivity index (χ1) is 15.8. The summed E-state index contributed by atoms with van der Waals surface area (Å²) in [5.41, 5.74) is 10.3. The Morgan fingerprint density at radius 2 is 1.53 bits per heavy atom. The van der Waals surface area contributed by atoms with Crippen molar-refractivity contribution in [3.8, 4) is 22.3 Å². The quantitative estimate of drug-likeness (QED) is 0.195. The monoisotopic (exact) mass is 416 g/mol. The standard InChI is InChI=1S/C31H28O/c1-2-3-5-13-23-20-25(18-19-26(23)22-11-6-4-7-12-22)31(32)29-17-10-16-28-27-15-9-8-14-24(27)21-30(28)29/h4,6-12,14-20H,2-3,5,13,21H2,1H3. The van der Waals surface area contributed by atoms with E-state index in [-0.39, 0.29) is 5.78 Å². The number of aryl methyl sites for hydroxylation is 1. The average Bonchev–Trinajstić information content (AvgIpc) is 3.23. The summed E-state index contributed by atoms with van der Waals surface area (Å²) in [6, 6.07) is 31.5. The maximum absolute atomic E-state index is 13.7. The Morgan fingerprint density at radius 3 is 2.38 bits per heavy atom. The van der Waals surface area contributed by atoms with Crippen LogP contribution in [0.3, 0.4) is 0 Å². The van der Waals surface area contributed by atoms with Crippen LogP contribution >= 0.6 is 0 Å². The number of fused-ring (bicyclic) bond motifs is 3. The van der Waals surface area contributed by atoms with Crippen LogP contribution in [0.4, 0.5) is 0 Å². The summed E-state index contributed by atoms with van der Waals surface area (Å²) in [6.45, 7) is 2.23. The van der Waals surface area contributed by atoms with E-state index in [1.807, 2.05) is 24.3 Å². The van der Waals surface area contributed by atoms with E-state index in [2.05, 4.69) is 73.7 Å². The highest BCUT2D eigenvalue weighted by molar-refractivity contribution is 6.11. The van der Waals surface area contributed by atoms with Gasteiger partial charge in [-0.1, -0.05) is 105 Å². The molecule has 0 heterocycles. The largest absolute Gasteiger partial charge is 0.289 e. The molecule has 0 amide bonds. The van der Waals surface area contributed by atoms with Crippen molar-refractivity contribution in [2.75, 3.05) is 0 Å². The summed E-state index contributed by atoms with van der Waals surface area (Å²) in [6.07, 6.45) is 5.37. The highest BCUT2D eigenvalue weighted by Gasteiger charge is 2.24. The zero-order chi connectivity index (χ0) is 21.9. The van der Waals surface area contributed by atoms with Crippen molar-refractivity contribution < 1.29 is 4.79 Å². The molecule has 0 spiro atoms. The van der Waals surface area contributed by atoms with Crippen molar-refractivity contribution in [2.45, 2.75) is 39.0 Å². The number of hydrogen-bond donors (Lipinski definition) is 0. The van der Waals surface area contributed by atoms with Crippen LogP contribution in [0.25, 0.3) is 22.3 Å². The fourth-order valence-corrected chi connectivity index (χ4v) is 4.93. The first-order valence-corrected chi connectivity index (χ1v) is 11.7. The van der Waals surface area contributed by atoms with E-state index >= 15 is 0 Å². The predicted molar refractivity (Wildman–Crippen MR) is 133 cm³/mol. The summed E-state index contributed by atoms with van der Waals surface area (Å²) in [5, 5.41) is 0. The zero-order valence-corrected chi connectivity index (χ0v) is 18.6. The van der Waals surface area contributed by atoms with Crippen LogP contribution in [-0.4, -0.2) is 5.78 Å². The molecule has 5 rings (SSSR count). The number of hydrogen-bond acceptors (Lipinski definition) is 1. The third-order valence-corrected chi connectivity index (χ3v) is 6.60. The molecule has 1 nitrogen and oxygen atoms in total. The van der Waals surface area contributed by atoms with E-state index in [1.54, 1.807) is 0 Å². The Labute approximate surface area is 190 Å². The molecule has 4 aromatic carbocycles. The number of unbranched alkanes of at least 4 members (excludes halogenated alkanes) is 2. The van der Waals surface area contributed by atoms with E-state index in [9.17, 15) is 4.79 Å². The Kier molecular flexibility index (Phi) is 5.73. The van der Waals surface area contributed by atoms with Crippen molar-refractivity contribution in [1.29, 1.82) is 0 Å². The van der Waals surface area contributed by atoms with Crippen LogP contribution in [0.1, 0.15) is 58.8 Å². The second-order valence-electron chi connectivity index (χ2n) is 8.69. The SMILES string of the molecule is CCCCCc1cc(C(=O)c2cccc3c2Cc2ccccc2-3)ccc1-c1ccccc1. The minimum Gasteiger partial charge on any atom is -0.289 e. The van der Waals surface area contributed by atoms with Crippen molar-refractivity contribution in [3.63, 3.8) is 0 Å². The van der Waals surface area contributed by atoms with Crippen LogP contribution in [-0.2, 0) is 12.8 Å². The zero-order valence-electron chi connectivity index (χ0n) is 18.6. The average molecular weight is 417 g/mol. The molecule has 158 valence electrons. The number of benzene rings is 4. The summed E-state index contributed by atoms with van der Waals surface area (Å²) in [4.78, 5) is 13.7. The van der Waals surface area contributed by atoms with Gasteiger partial charge in [0, 0.05) is 11.1 Å². The van der Waals surface area contributed by atoms with Crippen LogP contribution in [0.2, 0.25) is 0 Å². The maximum Gasteiger partial charge on any atom is 0.193 e. The van der Waals surface area contributed by atoms with Gasteiger partial charge in [0.05, 0.1) is 0 Å². The lowest BCUT2D eigenvalue weighted by Crippen LogP contribution is -2.06. The van der Waals surface area contributed by atoms with Crippen LogP contribution < -0.4 is 0 Å². The highest BCUT2D eigenvalue weighted by Crippen LogP contribution is 2.39. The van der Waals surface area contributed by atoms with Gasteiger partial charge in [-0.3, -0.25) is 4.79 Å². The molecule has 0 bridgehead atoms. The molecule has 0 saturated carbocycles. The molecule has 0 atom stereocenters. The Morgan fingerprint density at radius 1 is 0.750 bits per heavy atom. The number of rotatable bonds is 7. The summed E-state index contributed by atoms with van der Waals surface area (Å²) >= 11 is 0. The second-order valence-corrected chi connectivity index (χ2v) is 8.69. The molecule has 0 saturated heterocycles. The van der Waals surface area contributed by atoms with Gasteiger partial charge in [-0.25, -0.2) is 0 Å². The second kappa shape index (κ2) is 8.96. The van der Waals surface area contributed by atoms with Gasteiger partial charge in [0.1, 0.15) is 0 Å². The smallest absolute Gasteiger partial charge is 0.193 e. The molecule has 1 aliphatic rings. The number of carbonyl (C=O) groups is 1. The van der Waals surface area contributed by atoms with Gasteiger partial charge in [0.15, 0.2) is 5.78 Å². The van der Waals surface area contributed by atoms with Crippen molar-refractivity contribution in [1.82, 2.24) is 0 Å². The Balaban J connectivity index is 1.53. The van der Waals surface area contributed by atoms with Crippen LogP contribution in [0, 0.1) is 0 Å². The van der Waals surface area contributed by atoms with Crippen molar-refractivity contribution in [3.05, 3.63) is 119 Å². The van der Waals surface area contributed by atoms with E-state index in [1.165, 1.54) is 51.8 Å². The molecule has 32 heavy (non-hydrogen) atoms. The topological polar surface area (TPSA) is 17.1 Å². The molecule has 1 aliphatic carbocycles. The van der Waals surface area contributed by atoms with E-state index < -0.39 is 0 Å². The van der Waals surface area contributed by atoms with Gasteiger partial charge in [0.25, 0.3) is 0 Å². The molecule has 0 aromatic heterocycles. The fraction of sp³-hybridized carbons (Fsp3) is 0.194. The first kappa shape index (κ1) is 20.5. The molecule has 4 aromatic rings. The molecule has 1 heteroatoms. The van der Waals surface area contributed by atoms with Gasteiger partial charge >= 0.3 is 0 Å². The third kappa shape index (κ3) is 3.80. The van der Waals surface area contributed by atoms with Crippen LogP contribution in [0.15, 0.2) is 91.0 Å². The molecule has 0 aliphatic heterocycles. The van der Waals surface area contributed by atoms with Crippen molar-refractivity contribution in [2.24, 2.45) is 0 Å². The molecular formula is C31H28O. The Bertz CT molecular complexity index is 1270. The lowest BCUT2D eigenvalue weighted by Gasteiger charge is -2.13. The van der Waals surface area contributed by atoms with Crippen molar-refractivity contribution >= 4 is 5.78 Å². The molecular weight excluding hydrogens is 388 g/mol. The normalized spacial score (nSPS) is 11.8. The fourth-order valence-electron chi connectivity index (χ4n) is 4.93. The number of carbonyl (C=O) groups excluding carboxylic acids is 1. The molecule has 0 N–H and O–H groups in total. The minimum absolute atomic E-state index is 0.131. The minimum atomic E-state index is 0.131. The highest BCUT2D eigenvalue weighted by atomic mass is 16.1. The lowest BCUT2D eigenvalue weighted by atomic mass is 9.90. The number of ketones is 1. The Hall–Kier alpha value is -3.45. The van der Waals surface area contributed by atoms with E-state index in [4.69, 9.17) is 0 Å². The van der Waals surface area contributed by atoms with E-state index in [0.29, 0.717) is 0 Å². The van der Waals surface area contributed by atoms with Crippen LogP contribution in [0.5, 0.6) is 0 Å². The summed E-state index contributed by atoms with van der Waals surface area (Å²) in [5.74, 6) is 0.131. The van der Waals surface area contributed by atoms with Gasteiger partial charge in [0.2, 0.25) is 0 Å². The van der Waals surface area contributed by atoms with E-state index in [0.717, 1.165) is 30.4 Å². The predicted octanol–water partition coefficient (Wildman–Crippen LogP) is 7.89. The lowest BCUT2D eigenvalue weighted by molar-refractivity contribution is 0.103. The maximum atomic E-state index is 13.7.